The van der Waals surface area contributed by atoms with Crippen molar-refractivity contribution < 1.29 is 14.3 Å². The molecule has 1 aliphatic heterocycles. The number of thioether (sulfide) groups is 1. The largest absolute Gasteiger partial charge is 0.486 e. The van der Waals surface area contributed by atoms with Crippen molar-refractivity contribution in [1.29, 1.82) is 10.5 Å². The quantitative estimate of drug-likeness (QED) is 0.675. The molecule has 0 aliphatic carbocycles. The van der Waals surface area contributed by atoms with Gasteiger partial charge in [0.2, 0.25) is 5.91 Å². The van der Waals surface area contributed by atoms with E-state index in [1.807, 2.05) is 19.9 Å². The Morgan fingerprint density at radius 1 is 1.23 bits per heavy atom. The molecule has 2 heterocycles. The predicted octanol–water partition coefficient (Wildman–Crippen LogP) is 3.42. The summed E-state index contributed by atoms with van der Waals surface area (Å²) in [5.74, 6) is 1.53. The fourth-order valence-corrected chi connectivity index (χ4v) is 4.04. The zero-order chi connectivity index (χ0) is 21.7. The van der Waals surface area contributed by atoms with E-state index in [0.717, 1.165) is 0 Å². The second-order valence-corrected chi connectivity index (χ2v) is 7.93. The van der Waals surface area contributed by atoms with Gasteiger partial charge in [0.05, 0.1) is 11.1 Å². The molecule has 1 aromatic heterocycles. The van der Waals surface area contributed by atoms with Crippen LogP contribution in [0.3, 0.4) is 0 Å². The Morgan fingerprint density at radius 2 is 1.93 bits per heavy atom. The van der Waals surface area contributed by atoms with Crippen molar-refractivity contribution in [3.05, 3.63) is 34.9 Å². The molecular weight excluding hydrogens is 402 g/mol. The van der Waals surface area contributed by atoms with Crippen molar-refractivity contribution in [2.75, 3.05) is 30.0 Å². The second-order valence-electron chi connectivity index (χ2n) is 6.85. The number of aromatic nitrogens is 1. The highest BCUT2D eigenvalue weighted by atomic mass is 32.2. The fraction of sp³-hybridized carbons (Fsp3) is 0.333. The van der Waals surface area contributed by atoms with E-state index in [9.17, 15) is 15.3 Å². The first-order chi connectivity index (χ1) is 14.4. The number of nitrogen functional groups attached to an aromatic ring is 1. The smallest absolute Gasteiger partial charge is 0.225 e. The van der Waals surface area contributed by atoms with Crippen LogP contribution >= 0.6 is 11.8 Å². The molecule has 2 aromatic rings. The number of nitrogens with two attached hydrogens (primary N) is 1. The van der Waals surface area contributed by atoms with Crippen LogP contribution < -0.4 is 20.5 Å². The van der Waals surface area contributed by atoms with E-state index in [0.29, 0.717) is 52.3 Å². The van der Waals surface area contributed by atoms with E-state index < -0.39 is 0 Å². The number of benzene rings is 1. The van der Waals surface area contributed by atoms with Crippen LogP contribution in [0, 0.1) is 22.7 Å². The van der Waals surface area contributed by atoms with Crippen molar-refractivity contribution in [1.82, 2.24) is 4.98 Å². The summed E-state index contributed by atoms with van der Waals surface area (Å²) in [6.07, 6.45) is 0.211. The van der Waals surface area contributed by atoms with E-state index in [4.69, 9.17) is 15.2 Å². The van der Waals surface area contributed by atoms with Gasteiger partial charge in [-0.3, -0.25) is 4.79 Å². The molecule has 8 nitrogen and oxygen atoms in total. The summed E-state index contributed by atoms with van der Waals surface area (Å²) in [4.78, 5) is 16.5. The Labute approximate surface area is 179 Å². The van der Waals surface area contributed by atoms with E-state index in [-0.39, 0.29) is 29.6 Å². The van der Waals surface area contributed by atoms with E-state index in [1.54, 1.807) is 18.2 Å². The molecule has 3 N–H and O–H groups in total. The van der Waals surface area contributed by atoms with Gasteiger partial charge in [0.1, 0.15) is 36.2 Å². The number of anilines is 2. The Morgan fingerprint density at radius 3 is 2.60 bits per heavy atom. The minimum atomic E-state index is -0.177. The molecule has 0 fully saturated rings. The summed E-state index contributed by atoms with van der Waals surface area (Å²) in [5.41, 5.74) is 7.72. The normalized spacial score (nSPS) is 12.2. The lowest BCUT2D eigenvalue weighted by molar-refractivity contribution is -0.115. The molecule has 0 unspecified atom stereocenters. The monoisotopic (exact) mass is 423 g/mol. The molecule has 0 spiro atoms. The summed E-state index contributed by atoms with van der Waals surface area (Å²) in [5, 5.41) is 22.2. The highest BCUT2D eigenvalue weighted by Gasteiger charge is 2.21. The molecule has 9 heteroatoms. The number of carbonyl (C=O) groups is 1. The molecule has 3 rings (SSSR count). The number of rotatable bonds is 6. The molecular formula is C21H21N5O3S. The lowest BCUT2D eigenvalue weighted by atomic mass is 9.94. The Hall–Kier alpha value is -3.43. The molecule has 0 saturated heterocycles. The number of hydrogen-bond donors (Lipinski definition) is 2. The van der Waals surface area contributed by atoms with Gasteiger partial charge in [0.25, 0.3) is 0 Å². The van der Waals surface area contributed by atoms with Gasteiger partial charge < -0.3 is 20.5 Å². The lowest BCUT2D eigenvalue weighted by Gasteiger charge is -2.19. The third kappa shape index (κ3) is 4.58. The molecule has 154 valence electrons. The van der Waals surface area contributed by atoms with Crippen LogP contribution in [0.1, 0.15) is 42.9 Å². The number of nitrogens with one attached hydrogen (secondary N) is 1. The third-order valence-electron chi connectivity index (χ3n) is 4.43. The Balaban J connectivity index is 1.66. The zero-order valence-electron chi connectivity index (χ0n) is 16.7. The molecule has 0 atom stereocenters. The van der Waals surface area contributed by atoms with Gasteiger partial charge in [0, 0.05) is 23.9 Å². The molecule has 0 saturated carbocycles. The van der Waals surface area contributed by atoms with Crippen LogP contribution in [0.15, 0.2) is 23.2 Å². The summed E-state index contributed by atoms with van der Waals surface area (Å²) in [6.45, 7) is 4.77. The Bertz CT molecular complexity index is 1060. The number of nitriles is 2. The molecule has 1 aliphatic rings. The number of hydrogen-bond acceptors (Lipinski definition) is 8. The summed E-state index contributed by atoms with van der Waals surface area (Å²) < 4.78 is 11.0. The van der Waals surface area contributed by atoms with Crippen LogP contribution in [0.2, 0.25) is 0 Å². The van der Waals surface area contributed by atoms with Crippen molar-refractivity contribution in [3.63, 3.8) is 0 Å². The van der Waals surface area contributed by atoms with Crippen LogP contribution in [-0.2, 0) is 4.79 Å². The minimum absolute atomic E-state index is 0.0579. The maximum absolute atomic E-state index is 12.3. The topological polar surface area (TPSA) is 134 Å². The third-order valence-corrected chi connectivity index (χ3v) is 5.40. The second kappa shape index (κ2) is 9.38. The van der Waals surface area contributed by atoms with Crippen LogP contribution in [-0.4, -0.2) is 29.9 Å². The first kappa shape index (κ1) is 21.3. The highest BCUT2D eigenvalue weighted by Crippen LogP contribution is 2.34. The van der Waals surface area contributed by atoms with Crippen LogP contribution in [0.25, 0.3) is 0 Å². The Kier molecular flexibility index (Phi) is 6.65. The number of amides is 1. The zero-order valence-corrected chi connectivity index (χ0v) is 17.5. The van der Waals surface area contributed by atoms with Gasteiger partial charge in [0.15, 0.2) is 11.5 Å². The number of carbonyl (C=O) groups excluding carboxylic acids is 1. The minimum Gasteiger partial charge on any atom is -0.486 e. The molecule has 1 amide bonds. The summed E-state index contributed by atoms with van der Waals surface area (Å²) in [6, 6.07) is 9.42. The van der Waals surface area contributed by atoms with Crippen molar-refractivity contribution in [2.45, 2.75) is 31.2 Å². The van der Waals surface area contributed by atoms with Crippen molar-refractivity contribution in [3.8, 4) is 23.6 Å². The van der Waals surface area contributed by atoms with Gasteiger partial charge in [-0.1, -0.05) is 13.8 Å². The SMILES string of the molecule is CC(C)c1c(C#N)c(N)nc(SCCC(=O)Nc2ccc3c(c2)OCCO3)c1C#N. The average Bonchev–Trinajstić information content (AvgIpc) is 2.73. The van der Waals surface area contributed by atoms with Crippen LogP contribution in [0.4, 0.5) is 11.5 Å². The molecule has 0 radical (unpaired) electrons. The standard InChI is InChI=1S/C21H21N5O3S/c1-12(2)19-14(10-22)20(24)26-21(15(19)11-23)30-8-5-18(27)25-13-3-4-16-17(9-13)29-7-6-28-16/h3-4,9,12H,5-8H2,1-2H3,(H2,24,26)(H,25,27). The van der Waals surface area contributed by atoms with Gasteiger partial charge in [-0.15, -0.1) is 11.8 Å². The first-order valence-corrected chi connectivity index (χ1v) is 10.4. The van der Waals surface area contributed by atoms with Gasteiger partial charge in [-0.25, -0.2) is 4.98 Å². The molecule has 1 aromatic carbocycles. The number of ether oxygens (including phenoxy) is 2. The van der Waals surface area contributed by atoms with Gasteiger partial charge >= 0.3 is 0 Å². The summed E-state index contributed by atoms with van der Waals surface area (Å²) in [7, 11) is 0. The maximum Gasteiger partial charge on any atom is 0.225 e. The number of fused-ring (bicyclic) bond motifs is 1. The van der Waals surface area contributed by atoms with Crippen molar-refractivity contribution >= 4 is 29.2 Å². The number of nitrogens with zero attached hydrogens (tertiary/aromatic N) is 3. The average molecular weight is 423 g/mol. The van der Waals surface area contributed by atoms with Crippen molar-refractivity contribution in [2.24, 2.45) is 0 Å². The molecule has 0 bridgehead atoms. The van der Waals surface area contributed by atoms with E-state index in [2.05, 4.69) is 16.4 Å². The molecule has 30 heavy (non-hydrogen) atoms. The van der Waals surface area contributed by atoms with Gasteiger partial charge in [-0.05, 0) is 23.6 Å². The first-order valence-electron chi connectivity index (χ1n) is 9.40. The van der Waals surface area contributed by atoms with E-state index in [1.165, 1.54) is 11.8 Å². The predicted molar refractivity (Wildman–Crippen MR) is 114 cm³/mol. The highest BCUT2D eigenvalue weighted by molar-refractivity contribution is 7.99. The number of pyridine rings is 1. The summed E-state index contributed by atoms with van der Waals surface area (Å²) >= 11 is 1.27. The van der Waals surface area contributed by atoms with Crippen LogP contribution in [0.5, 0.6) is 11.5 Å². The fourth-order valence-electron chi connectivity index (χ4n) is 3.09. The maximum atomic E-state index is 12.3. The van der Waals surface area contributed by atoms with Gasteiger partial charge in [-0.2, -0.15) is 10.5 Å². The lowest BCUT2D eigenvalue weighted by Crippen LogP contribution is -2.16. The van der Waals surface area contributed by atoms with E-state index >= 15 is 0 Å².